The molecule has 0 radical (unpaired) electrons. The third-order valence-electron chi connectivity index (χ3n) is 2.19. The molecule has 3 N–H and O–H groups in total. The number of hydrogen-bond donors (Lipinski definition) is 2. The summed E-state index contributed by atoms with van der Waals surface area (Å²) in [5, 5.41) is 1.23. The Bertz CT molecular complexity index is 148. The van der Waals surface area contributed by atoms with Crippen molar-refractivity contribution in [3.05, 3.63) is 0 Å². The fraction of sp³-hybridized carbons (Fsp3) is 1.00. The zero-order valence-electron chi connectivity index (χ0n) is 8.16. The first-order valence-electron chi connectivity index (χ1n) is 4.48. The van der Waals surface area contributed by atoms with Crippen LogP contribution in [0.15, 0.2) is 0 Å². The Morgan fingerprint density at radius 1 is 1.54 bits per heavy atom. The van der Waals surface area contributed by atoms with Gasteiger partial charge in [-0.3, -0.25) is 11.3 Å². The van der Waals surface area contributed by atoms with Crippen LogP contribution < -0.4 is 11.3 Å². The summed E-state index contributed by atoms with van der Waals surface area (Å²) >= 11 is 4.02. The fourth-order valence-corrected chi connectivity index (χ4v) is 4.43. The lowest BCUT2D eigenvalue weighted by Crippen LogP contribution is -2.50. The maximum Gasteiger partial charge on any atom is 0.0640 e. The van der Waals surface area contributed by atoms with Crippen molar-refractivity contribution in [2.75, 3.05) is 25.2 Å². The van der Waals surface area contributed by atoms with E-state index in [1.807, 2.05) is 23.5 Å². The third-order valence-corrected chi connectivity index (χ3v) is 5.44. The van der Waals surface area contributed by atoms with E-state index < -0.39 is 0 Å². The standard InChI is InChI=1S/C8H18N2OS2/c1-6-8(13-4-3-12-6)7(10-9)5-11-2/h6-8,10H,3-5,9H2,1-2H3. The van der Waals surface area contributed by atoms with Crippen molar-refractivity contribution in [2.24, 2.45) is 5.84 Å². The molecule has 1 aliphatic rings. The van der Waals surface area contributed by atoms with E-state index >= 15 is 0 Å². The van der Waals surface area contributed by atoms with Gasteiger partial charge >= 0.3 is 0 Å². The van der Waals surface area contributed by atoms with Gasteiger partial charge in [-0.15, -0.1) is 0 Å². The zero-order valence-corrected chi connectivity index (χ0v) is 9.79. The Morgan fingerprint density at radius 3 is 2.77 bits per heavy atom. The van der Waals surface area contributed by atoms with Crippen molar-refractivity contribution in [3.63, 3.8) is 0 Å². The second kappa shape index (κ2) is 6.14. The summed E-state index contributed by atoms with van der Waals surface area (Å²) in [6.45, 7) is 2.96. The average molecular weight is 222 g/mol. The quantitative estimate of drug-likeness (QED) is 0.542. The summed E-state index contributed by atoms with van der Waals surface area (Å²) in [4.78, 5) is 0. The van der Waals surface area contributed by atoms with E-state index in [-0.39, 0.29) is 6.04 Å². The predicted octanol–water partition coefficient (Wildman–Crippen LogP) is 0.702. The number of hydrogen-bond acceptors (Lipinski definition) is 5. The first kappa shape index (κ1) is 11.7. The second-order valence-corrected chi connectivity index (χ2v) is 5.91. The summed E-state index contributed by atoms with van der Waals surface area (Å²) in [5.74, 6) is 7.98. The SMILES string of the molecule is COCC(NN)C1SCCSC1C. The molecule has 1 aliphatic heterocycles. The number of hydrazine groups is 1. The zero-order chi connectivity index (χ0) is 9.68. The van der Waals surface area contributed by atoms with Gasteiger partial charge in [-0.2, -0.15) is 23.5 Å². The normalized spacial score (nSPS) is 31.6. The van der Waals surface area contributed by atoms with Gasteiger partial charge in [0.25, 0.3) is 0 Å². The minimum atomic E-state index is 0.276. The highest BCUT2D eigenvalue weighted by Crippen LogP contribution is 2.32. The van der Waals surface area contributed by atoms with Gasteiger partial charge < -0.3 is 4.74 Å². The third kappa shape index (κ3) is 3.32. The summed E-state index contributed by atoms with van der Waals surface area (Å²) in [6, 6.07) is 0.276. The lowest BCUT2D eigenvalue weighted by atomic mass is 10.2. The summed E-state index contributed by atoms with van der Waals surface area (Å²) in [5.41, 5.74) is 2.84. The fourth-order valence-electron chi connectivity index (χ4n) is 1.51. The molecular formula is C8H18N2OS2. The molecule has 5 heteroatoms. The van der Waals surface area contributed by atoms with Crippen molar-refractivity contribution in [3.8, 4) is 0 Å². The van der Waals surface area contributed by atoms with E-state index in [9.17, 15) is 0 Å². The van der Waals surface area contributed by atoms with Crippen LogP contribution in [0.2, 0.25) is 0 Å². The molecule has 1 heterocycles. The highest BCUT2D eigenvalue weighted by molar-refractivity contribution is 8.07. The Hall–Kier alpha value is 0.580. The van der Waals surface area contributed by atoms with E-state index in [0.29, 0.717) is 17.1 Å². The minimum absolute atomic E-state index is 0.276. The van der Waals surface area contributed by atoms with Gasteiger partial charge in [0, 0.05) is 29.1 Å². The van der Waals surface area contributed by atoms with Crippen molar-refractivity contribution in [1.82, 2.24) is 5.43 Å². The van der Waals surface area contributed by atoms with E-state index in [4.69, 9.17) is 10.6 Å². The number of ether oxygens (including phenoxy) is 1. The minimum Gasteiger partial charge on any atom is -0.383 e. The largest absolute Gasteiger partial charge is 0.383 e. The van der Waals surface area contributed by atoms with Crippen LogP contribution in [0.1, 0.15) is 6.92 Å². The van der Waals surface area contributed by atoms with Gasteiger partial charge in [0.1, 0.15) is 0 Å². The summed E-state index contributed by atoms with van der Waals surface area (Å²) in [6.07, 6.45) is 0. The molecule has 3 unspecified atom stereocenters. The maximum absolute atomic E-state index is 5.50. The maximum atomic E-state index is 5.50. The van der Waals surface area contributed by atoms with Crippen molar-refractivity contribution < 1.29 is 4.74 Å². The molecule has 0 bridgehead atoms. The molecule has 13 heavy (non-hydrogen) atoms. The van der Waals surface area contributed by atoms with Gasteiger partial charge in [-0.25, -0.2) is 0 Å². The van der Waals surface area contributed by atoms with Crippen LogP contribution in [0.4, 0.5) is 0 Å². The number of thioether (sulfide) groups is 2. The lowest BCUT2D eigenvalue weighted by molar-refractivity contribution is 0.165. The topological polar surface area (TPSA) is 47.3 Å². The van der Waals surface area contributed by atoms with Crippen LogP contribution in [0, 0.1) is 0 Å². The molecule has 0 aromatic heterocycles. The molecule has 78 valence electrons. The van der Waals surface area contributed by atoms with E-state index in [0.717, 1.165) is 0 Å². The average Bonchev–Trinajstić information content (AvgIpc) is 2.16. The highest BCUT2D eigenvalue weighted by atomic mass is 32.2. The summed E-state index contributed by atoms with van der Waals surface area (Å²) < 4.78 is 5.13. The molecule has 1 saturated heterocycles. The van der Waals surface area contributed by atoms with Gasteiger partial charge in [-0.05, 0) is 0 Å². The molecule has 1 rings (SSSR count). The van der Waals surface area contributed by atoms with E-state index in [1.54, 1.807) is 7.11 Å². The Kier molecular flexibility index (Phi) is 5.50. The van der Waals surface area contributed by atoms with Gasteiger partial charge in [0.15, 0.2) is 0 Å². The number of methoxy groups -OCH3 is 1. The molecule has 0 aliphatic carbocycles. The Labute approximate surface area is 88.5 Å². The second-order valence-electron chi connectivity index (χ2n) is 3.14. The monoisotopic (exact) mass is 222 g/mol. The Morgan fingerprint density at radius 2 is 2.23 bits per heavy atom. The van der Waals surface area contributed by atoms with Gasteiger partial charge in [-0.1, -0.05) is 6.92 Å². The molecule has 0 aromatic carbocycles. The van der Waals surface area contributed by atoms with Crippen LogP contribution in [-0.4, -0.2) is 41.8 Å². The first-order chi connectivity index (χ1) is 6.29. The predicted molar refractivity (Wildman–Crippen MR) is 61.2 cm³/mol. The highest BCUT2D eigenvalue weighted by Gasteiger charge is 2.29. The van der Waals surface area contributed by atoms with Crippen LogP contribution in [0.5, 0.6) is 0 Å². The molecule has 3 nitrogen and oxygen atoms in total. The van der Waals surface area contributed by atoms with Crippen molar-refractivity contribution in [1.29, 1.82) is 0 Å². The number of rotatable bonds is 4. The number of nitrogens with one attached hydrogen (secondary N) is 1. The van der Waals surface area contributed by atoms with Crippen LogP contribution >= 0.6 is 23.5 Å². The molecule has 0 spiro atoms. The smallest absolute Gasteiger partial charge is 0.0640 e. The van der Waals surface area contributed by atoms with Crippen molar-refractivity contribution >= 4 is 23.5 Å². The molecule has 0 saturated carbocycles. The van der Waals surface area contributed by atoms with Gasteiger partial charge in [0.05, 0.1) is 12.6 Å². The van der Waals surface area contributed by atoms with Crippen molar-refractivity contribution in [2.45, 2.75) is 23.5 Å². The van der Waals surface area contributed by atoms with Crippen LogP contribution in [0.3, 0.4) is 0 Å². The summed E-state index contributed by atoms with van der Waals surface area (Å²) in [7, 11) is 1.72. The molecule has 0 amide bonds. The first-order valence-corrected chi connectivity index (χ1v) is 6.57. The number of nitrogens with two attached hydrogens (primary N) is 1. The molecule has 1 fully saturated rings. The van der Waals surface area contributed by atoms with Gasteiger partial charge in [0.2, 0.25) is 0 Å². The van der Waals surface area contributed by atoms with Crippen LogP contribution in [-0.2, 0) is 4.74 Å². The molecule has 0 aromatic rings. The Balaban J connectivity index is 2.44. The van der Waals surface area contributed by atoms with E-state index in [2.05, 4.69) is 12.3 Å². The lowest BCUT2D eigenvalue weighted by Gasteiger charge is -2.33. The van der Waals surface area contributed by atoms with E-state index in [1.165, 1.54) is 11.5 Å². The molecule has 3 atom stereocenters. The van der Waals surface area contributed by atoms with Crippen LogP contribution in [0.25, 0.3) is 0 Å². The molecular weight excluding hydrogens is 204 g/mol.